The average Bonchev–Trinajstić information content (AvgIpc) is 3.18. The highest BCUT2D eigenvalue weighted by Gasteiger charge is 2.31. The summed E-state index contributed by atoms with van der Waals surface area (Å²) in [6.07, 6.45) is 4.98. The topological polar surface area (TPSA) is 62.4 Å². The number of rotatable bonds is 6. The quantitative estimate of drug-likeness (QED) is 0.888. The van der Waals surface area contributed by atoms with Crippen LogP contribution in [0.2, 0.25) is 0 Å². The van der Waals surface area contributed by atoms with Crippen molar-refractivity contribution in [2.75, 3.05) is 6.54 Å². The minimum atomic E-state index is -0.411. The summed E-state index contributed by atoms with van der Waals surface area (Å²) in [7, 11) is 0. The number of nitrogens with zero attached hydrogens (tertiary/aromatic N) is 3. The smallest absolute Gasteiger partial charge is 0.230 e. The Morgan fingerprint density at radius 2 is 2.00 bits per heavy atom. The number of aromatic nitrogens is 2. The molecule has 1 aliphatic carbocycles. The Balaban J connectivity index is 1.37. The molecule has 1 N–H and O–H groups in total. The number of aliphatic hydroxyl groups is 1. The third kappa shape index (κ3) is 3.46. The lowest BCUT2D eigenvalue weighted by atomic mass is 10.0. The van der Waals surface area contributed by atoms with E-state index < -0.39 is 6.10 Å². The molecule has 1 aromatic heterocycles. The summed E-state index contributed by atoms with van der Waals surface area (Å²) < 4.78 is 5.78. The van der Waals surface area contributed by atoms with Crippen LogP contribution in [0.15, 0.2) is 34.7 Å². The Labute approximate surface area is 136 Å². The number of benzene rings is 1. The van der Waals surface area contributed by atoms with E-state index in [1.165, 1.54) is 12.8 Å². The van der Waals surface area contributed by atoms with E-state index in [1.807, 2.05) is 30.3 Å². The minimum absolute atomic E-state index is 0.376. The second-order valence-corrected chi connectivity index (χ2v) is 6.74. The van der Waals surface area contributed by atoms with E-state index in [-0.39, 0.29) is 0 Å². The van der Waals surface area contributed by atoms with Crippen LogP contribution in [0.5, 0.6) is 0 Å². The van der Waals surface area contributed by atoms with E-state index in [0.29, 0.717) is 24.4 Å². The maximum absolute atomic E-state index is 10.5. The number of hydrogen-bond donors (Lipinski definition) is 1. The maximum atomic E-state index is 10.5. The van der Waals surface area contributed by atoms with E-state index in [9.17, 15) is 5.11 Å². The molecule has 23 heavy (non-hydrogen) atoms. The first-order valence-corrected chi connectivity index (χ1v) is 8.59. The van der Waals surface area contributed by atoms with E-state index in [4.69, 9.17) is 4.42 Å². The summed E-state index contributed by atoms with van der Waals surface area (Å²) in [6, 6.07) is 10.3. The standard InChI is InChI=1S/C18H23N3O2/c22-16(13-5-2-1-3-6-13)11-15-7-4-10-21(15)12-17-19-20-18(23-17)14-8-9-14/h1-3,5-6,14-16,22H,4,7-12H2. The van der Waals surface area contributed by atoms with Crippen LogP contribution in [0.25, 0.3) is 0 Å². The average molecular weight is 313 g/mol. The predicted molar refractivity (Wildman–Crippen MR) is 85.7 cm³/mol. The van der Waals surface area contributed by atoms with Crippen LogP contribution in [0, 0.1) is 0 Å². The first-order chi connectivity index (χ1) is 11.3. The fourth-order valence-electron chi connectivity index (χ4n) is 3.44. The minimum Gasteiger partial charge on any atom is -0.424 e. The Morgan fingerprint density at radius 3 is 2.78 bits per heavy atom. The van der Waals surface area contributed by atoms with Crippen LogP contribution in [-0.4, -0.2) is 32.8 Å². The molecule has 2 fully saturated rings. The van der Waals surface area contributed by atoms with Crippen molar-refractivity contribution in [1.82, 2.24) is 15.1 Å². The third-order valence-electron chi connectivity index (χ3n) is 4.93. The van der Waals surface area contributed by atoms with E-state index >= 15 is 0 Å². The first kappa shape index (κ1) is 14.8. The summed E-state index contributed by atoms with van der Waals surface area (Å²) in [5.41, 5.74) is 0.994. The molecule has 0 amide bonds. The molecule has 1 saturated heterocycles. The zero-order valence-corrected chi connectivity index (χ0v) is 13.3. The second-order valence-electron chi connectivity index (χ2n) is 6.74. The molecule has 1 saturated carbocycles. The van der Waals surface area contributed by atoms with Gasteiger partial charge < -0.3 is 9.52 Å². The highest BCUT2D eigenvalue weighted by molar-refractivity contribution is 5.17. The normalized spacial score (nSPS) is 23.3. The highest BCUT2D eigenvalue weighted by atomic mass is 16.4. The molecule has 2 unspecified atom stereocenters. The van der Waals surface area contributed by atoms with Crippen LogP contribution in [0.1, 0.15) is 61.5 Å². The van der Waals surface area contributed by atoms with E-state index in [0.717, 1.165) is 37.3 Å². The van der Waals surface area contributed by atoms with E-state index in [1.54, 1.807) is 0 Å². The zero-order chi connectivity index (χ0) is 15.6. The van der Waals surface area contributed by atoms with Crippen molar-refractivity contribution >= 4 is 0 Å². The van der Waals surface area contributed by atoms with Gasteiger partial charge in [-0.2, -0.15) is 0 Å². The van der Waals surface area contributed by atoms with Crippen LogP contribution < -0.4 is 0 Å². The van der Waals surface area contributed by atoms with Gasteiger partial charge in [-0.05, 0) is 44.2 Å². The van der Waals surface area contributed by atoms with Gasteiger partial charge in [0, 0.05) is 12.0 Å². The summed E-state index contributed by atoms with van der Waals surface area (Å²) in [5, 5.41) is 18.8. The van der Waals surface area contributed by atoms with Crippen molar-refractivity contribution in [2.24, 2.45) is 0 Å². The molecule has 122 valence electrons. The molecular formula is C18H23N3O2. The van der Waals surface area contributed by atoms with Gasteiger partial charge >= 0.3 is 0 Å². The molecule has 5 nitrogen and oxygen atoms in total. The van der Waals surface area contributed by atoms with Crippen molar-refractivity contribution in [3.8, 4) is 0 Å². The van der Waals surface area contributed by atoms with Gasteiger partial charge in [0.1, 0.15) is 0 Å². The van der Waals surface area contributed by atoms with Crippen LogP contribution in [-0.2, 0) is 6.54 Å². The molecule has 1 aliphatic heterocycles. The van der Waals surface area contributed by atoms with Crippen molar-refractivity contribution < 1.29 is 9.52 Å². The zero-order valence-electron chi connectivity index (χ0n) is 13.3. The van der Waals surface area contributed by atoms with Gasteiger partial charge in [-0.15, -0.1) is 10.2 Å². The lowest BCUT2D eigenvalue weighted by Gasteiger charge is -2.25. The van der Waals surface area contributed by atoms with Crippen LogP contribution >= 0.6 is 0 Å². The van der Waals surface area contributed by atoms with E-state index in [2.05, 4.69) is 15.1 Å². The largest absolute Gasteiger partial charge is 0.424 e. The number of likely N-dealkylation sites (tertiary alicyclic amines) is 1. The molecule has 2 heterocycles. The third-order valence-corrected chi connectivity index (χ3v) is 4.93. The first-order valence-electron chi connectivity index (χ1n) is 8.59. The monoisotopic (exact) mass is 313 g/mol. The Kier molecular flexibility index (Phi) is 4.14. The summed E-state index contributed by atoms with van der Waals surface area (Å²) in [6.45, 7) is 1.74. The summed E-state index contributed by atoms with van der Waals surface area (Å²) in [5.74, 6) is 2.03. The van der Waals surface area contributed by atoms with Crippen LogP contribution in [0.3, 0.4) is 0 Å². The van der Waals surface area contributed by atoms with Gasteiger partial charge in [0.2, 0.25) is 11.8 Å². The molecule has 0 bridgehead atoms. The van der Waals surface area contributed by atoms with Gasteiger partial charge in [-0.3, -0.25) is 4.90 Å². The fourth-order valence-corrected chi connectivity index (χ4v) is 3.44. The Bertz CT molecular complexity index is 639. The summed E-state index contributed by atoms with van der Waals surface area (Å²) >= 11 is 0. The molecule has 0 radical (unpaired) electrons. The predicted octanol–water partition coefficient (Wildman–Crippen LogP) is 3.04. The van der Waals surface area contributed by atoms with Gasteiger partial charge in [-0.25, -0.2) is 0 Å². The number of aliphatic hydroxyl groups excluding tert-OH is 1. The lowest BCUT2D eigenvalue weighted by molar-refractivity contribution is 0.113. The second kappa shape index (κ2) is 6.42. The van der Waals surface area contributed by atoms with Crippen molar-refractivity contribution in [2.45, 2.75) is 56.7 Å². The SMILES string of the molecule is OC(CC1CCCN1Cc1nnc(C2CC2)o1)c1ccccc1. The molecule has 2 aromatic rings. The highest BCUT2D eigenvalue weighted by Crippen LogP contribution is 2.39. The Morgan fingerprint density at radius 1 is 1.17 bits per heavy atom. The van der Waals surface area contributed by atoms with Gasteiger partial charge in [-0.1, -0.05) is 30.3 Å². The lowest BCUT2D eigenvalue weighted by Crippen LogP contribution is -2.30. The molecule has 0 spiro atoms. The molecule has 4 rings (SSSR count). The van der Waals surface area contributed by atoms with Gasteiger partial charge in [0.05, 0.1) is 12.6 Å². The van der Waals surface area contributed by atoms with Crippen molar-refractivity contribution in [1.29, 1.82) is 0 Å². The fraction of sp³-hybridized carbons (Fsp3) is 0.556. The molecule has 1 aromatic carbocycles. The number of hydrogen-bond acceptors (Lipinski definition) is 5. The van der Waals surface area contributed by atoms with Crippen LogP contribution in [0.4, 0.5) is 0 Å². The molecular weight excluding hydrogens is 290 g/mol. The van der Waals surface area contributed by atoms with Gasteiger partial charge in [0.15, 0.2) is 0 Å². The molecule has 2 atom stereocenters. The van der Waals surface area contributed by atoms with Crippen molar-refractivity contribution in [3.63, 3.8) is 0 Å². The Hall–Kier alpha value is -1.72. The summed E-state index contributed by atoms with van der Waals surface area (Å²) in [4.78, 5) is 2.37. The molecule has 2 aliphatic rings. The van der Waals surface area contributed by atoms with Gasteiger partial charge in [0.25, 0.3) is 0 Å². The maximum Gasteiger partial charge on any atom is 0.230 e. The van der Waals surface area contributed by atoms with Crippen molar-refractivity contribution in [3.05, 3.63) is 47.7 Å². The molecule has 5 heteroatoms.